The molecule has 4 rings (SSSR count). The molecule has 0 saturated heterocycles. The molecule has 0 unspecified atom stereocenters. The summed E-state index contributed by atoms with van der Waals surface area (Å²) in [5, 5.41) is 0. The van der Waals surface area contributed by atoms with Gasteiger partial charge < -0.3 is 14.4 Å². The number of allylic oxidation sites excluding steroid dienone is 4. The van der Waals surface area contributed by atoms with E-state index in [1.807, 2.05) is 27.0 Å². The fourth-order valence-corrected chi connectivity index (χ4v) is 6.51. The third-order valence-electron chi connectivity index (χ3n) is 7.12. The topological polar surface area (TPSA) is 55.8 Å². The Bertz CT molecular complexity index is 1070. The normalized spacial score (nSPS) is 22.2. The van der Waals surface area contributed by atoms with E-state index in [4.69, 9.17) is 9.47 Å². The maximum Gasteiger partial charge on any atom is 0.174 e. The van der Waals surface area contributed by atoms with Gasteiger partial charge in [0.15, 0.2) is 23.1 Å². The molecular formula is C28H36INO4. The molecule has 0 saturated carbocycles. The summed E-state index contributed by atoms with van der Waals surface area (Å²) in [6.07, 6.45) is 2.61. The largest absolute Gasteiger partial charge is 0.493 e. The molecule has 0 fully saturated rings. The van der Waals surface area contributed by atoms with Crippen molar-refractivity contribution >= 4 is 34.2 Å². The van der Waals surface area contributed by atoms with E-state index in [1.54, 1.807) is 7.11 Å². The first-order valence-electron chi connectivity index (χ1n) is 12.0. The first-order chi connectivity index (χ1) is 15.7. The molecule has 0 atom stereocenters. The number of hydrogen-bond donors (Lipinski definition) is 0. The van der Waals surface area contributed by atoms with Crippen LogP contribution >= 0.6 is 22.6 Å². The second-order valence-electron chi connectivity index (χ2n) is 11.8. The van der Waals surface area contributed by atoms with Crippen LogP contribution in [0.3, 0.4) is 0 Å². The summed E-state index contributed by atoms with van der Waals surface area (Å²) in [6, 6.07) is 4.03. The lowest BCUT2D eigenvalue weighted by Gasteiger charge is -2.48. The summed E-state index contributed by atoms with van der Waals surface area (Å²) in [5.41, 5.74) is 4.39. The molecule has 3 aliphatic rings. The Kier molecular flexibility index (Phi) is 6.45. The number of Topliss-reactive ketones (excluding diaryl/α,β-unsaturated/α-hetero) is 2. The fourth-order valence-electron chi connectivity index (χ4n) is 5.75. The molecule has 0 aromatic heterocycles. The van der Waals surface area contributed by atoms with Gasteiger partial charge in [0, 0.05) is 48.3 Å². The minimum atomic E-state index is -0.371. The van der Waals surface area contributed by atoms with Crippen molar-refractivity contribution < 1.29 is 19.1 Å². The Hall–Kier alpha value is -1.83. The number of hydrogen-bond acceptors (Lipinski definition) is 5. The van der Waals surface area contributed by atoms with Crippen molar-refractivity contribution in [1.29, 1.82) is 0 Å². The van der Waals surface area contributed by atoms with Gasteiger partial charge in [-0.05, 0) is 77.8 Å². The summed E-state index contributed by atoms with van der Waals surface area (Å²) >= 11 is 2.27. The number of nitrogens with zero attached hydrogens (tertiary/aromatic N) is 1. The molecule has 0 bridgehead atoms. The summed E-state index contributed by atoms with van der Waals surface area (Å²) in [7, 11) is 3.67. The van der Waals surface area contributed by atoms with Crippen molar-refractivity contribution in [2.45, 2.75) is 79.2 Å². The average molecular weight is 578 g/mol. The second kappa shape index (κ2) is 8.68. The van der Waals surface area contributed by atoms with E-state index in [0.29, 0.717) is 24.3 Å². The zero-order valence-corrected chi connectivity index (χ0v) is 23.8. The van der Waals surface area contributed by atoms with Gasteiger partial charge in [0.05, 0.1) is 16.8 Å². The van der Waals surface area contributed by atoms with Crippen molar-refractivity contribution in [2.24, 2.45) is 10.8 Å². The van der Waals surface area contributed by atoms with Gasteiger partial charge in [0.1, 0.15) is 0 Å². The smallest absolute Gasteiger partial charge is 0.174 e. The number of carbonyl (C=O) groups excluding carboxylic acids is 2. The van der Waals surface area contributed by atoms with E-state index < -0.39 is 0 Å². The molecule has 184 valence electrons. The molecule has 34 heavy (non-hydrogen) atoms. The van der Waals surface area contributed by atoms with E-state index in [2.05, 4.69) is 61.3 Å². The highest BCUT2D eigenvalue weighted by atomic mass is 127. The number of ether oxygens (including phenoxy) is 2. The summed E-state index contributed by atoms with van der Waals surface area (Å²) in [5.74, 6) is 1.24. The molecule has 1 heterocycles. The van der Waals surface area contributed by atoms with Crippen LogP contribution < -0.4 is 9.47 Å². The van der Waals surface area contributed by atoms with E-state index in [0.717, 1.165) is 44.5 Å². The predicted molar refractivity (Wildman–Crippen MR) is 142 cm³/mol. The number of ketones is 2. The van der Waals surface area contributed by atoms with Crippen LogP contribution in [0.15, 0.2) is 34.7 Å². The first-order valence-corrected chi connectivity index (χ1v) is 13.1. The van der Waals surface area contributed by atoms with E-state index in [1.165, 1.54) is 0 Å². The van der Waals surface area contributed by atoms with Crippen molar-refractivity contribution in [3.8, 4) is 11.5 Å². The highest BCUT2D eigenvalue weighted by Crippen LogP contribution is 2.54. The second-order valence-corrected chi connectivity index (χ2v) is 13.0. The lowest BCUT2D eigenvalue weighted by molar-refractivity contribution is -0.119. The van der Waals surface area contributed by atoms with Crippen LogP contribution in [0.25, 0.3) is 0 Å². The fraction of sp³-hybridized carbons (Fsp3) is 0.571. The summed E-state index contributed by atoms with van der Waals surface area (Å²) in [4.78, 5) is 29.5. The summed E-state index contributed by atoms with van der Waals surface area (Å²) < 4.78 is 12.7. The summed E-state index contributed by atoms with van der Waals surface area (Å²) in [6.45, 7) is 12.6. The van der Waals surface area contributed by atoms with Gasteiger partial charge in [-0.2, -0.15) is 0 Å². The standard InChI is InChI=1S/C28H36INO4/c1-15(2)34-26-17(29)9-16(10-22(26)33-8)23-24-18(11-27(3,4)13-20(24)31)30(7)19-12-28(5,6)14-21(32)25(19)23/h9-10,15,23H,11-14H2,1-8H3. The SMILES string of the molecule is COc1cc(C2C3=C(CC(C)(C)CC3=O)N(C)C3=C2C(=O)CC(C)(C)C3)cc(I)c1OC(C)C. The highest BCUT2D eigenvalue weighted by Gasteiger charge is 2.48. The van der Waals surface area contributed by atoms with Gasteiger partial charge >= 0.3 is 0 Å². The van der Waals surface area contributed by atoms with Crippen molar-refractivity contribution in [3.05, 3.63) is 43.8 Å². The van der Waals surface area contributed by atoms with E-state index in [9.17, 15) is 9.59 Å². The molecule has 0 N–H and O–H groups in total. The van der Waals surface area contributed by atoms with Crippen LogP contribution in [-0.2, 0) is 9.59 Å². The van der Waals surface area contributed by atoms with Gasteiger partial charge in [0.25, 0.3) is 0 Å². The molecule has 1 aliphatic heterocycles. The van der Waals surface area contributed by atoms with Crippen molar-refractivity contribution in [2.75, 3.05) is 14.2 Å². The predicted octanol–water partition coefficient (Wildman–Crippen LogP) is 6.40. The maximum absolute atomic E-state index is 13.7. The molecule has 1 aromatic rings. The van der Waals surface area contributed by atoms with Crippen LogP contribution in [0.4, 0.5) is 0 Å². The zero-order valence-electron chi connectivity index (χ0n) is 21.6. The molecular weight excluding hydrogens is 541 g/mol. The van der Waals surface area contributed by atoms with Crippen molar-refractivity contribution in [3.63, 3.8) is 0 Å². The van der Waals surface area contributed by atoms with Gasteiger partial charge in [-0.1, -0.05) is 27.7 Å². The molecule has 1 aromatic carbocycles. The van der Waals surface area contributed by atoms with Crippen LogP contribution in [0.1, 0.15) is 78.7 Å². The van der Waals surface area contributed by atoms with Crippen LogP contribution in [0.2, 0.25) is 0 Å². The lowest BCUT2D eigenvalue weighted by atomic mass is 9.64. The number of rotatable bonds is 4. The van der Waals surface area contributed by atoms with E-state index in [-0.39, 0.29) is 34.4 Å². The minimum Gasteiger partial charge on any atom is -0.493 e. The number of halogens is 1. The number of methoxy groups -OCH3 is 1. The van der Waals surface area contributed by atoms with Crippen LogP contribution in [0.5, 0.6) is 11.5 Å². The molecule has 6 heteroatoms. The first kappa shape index (κ1) is 25.3. The molecule has 0 amide bonds. The van der Waals surface area contributed by atoms with Gasteiger partial charge in [-0.15, -0.1) is 0 Å². The third-order valence-corrected chi connectivity index (χ3v) is 7.92. The molecule has 0 spiro atoms. The quantitative estimate of drug-likeness (QED) is 0.388. The van der Waals surface area contributed by atoms with Gasteiger partial charge in [0.2, 0.25) is 0 Å². The molecule has 5 nitrogen and oxygen atoms in total. The monoisotopic (exact) mass is 577 g/mol. The van der Waals surface area contributed by atoms with Gasteiger partial charge in [-0.3, -0.25) is 9.59 Å². The Labute approximate surface area is 217 Å². The molecule has 0 radical (unpaired) electrons. The van der Waals surface area contributed by atoms with Crippen molar-refractivity contribution in [1.82, 2.24) is 4.90 Å². The number of benzene rings is 1. The Balaban J connectivity index is 1.97. The third kappa shape index (κ3) is 4.42. The average Bonchev–Trinajstić information content (AvgIpc) is 2.69. The number of carbonyl (C=O) groups is 2. The lowest BCUT2D eigenvalue weighted by Crippen LogP contribution is -2.43. The highest BCUT2D eigenvalue weighted by molar-refractivity contribution is 14.1. The minimum absolute atomic E-state index is 0.00419. The van der Waals surface area contributed by atoms with E-state index >= 15 is 0 Å². The van der Waals surface area contributed by atoms with Crippen LogP contribution in [0, 0.1) is 14.4 Å². The van der Waals surface area contributed by atoms with Crippen LogP contribution in [-0.4, -0.2) is 36.7 Å². The molecule has 2 aliphatic carbocycles. The Morgan fingerprint density at radius 2 is 1.44 bits per heavy atom. The zero-order chi connectivity index (χ0) is 25.2. The Morgan fingerprint density at radius 1 is 0.941 bits per heavy atom. The maximum atomic E-state index is 13.7. The van der Waals surface area contributed by atoms with Gasteiger partial charge in [-0.25, -0.2) is 0 Å². The Morgan fingerprint density at radius 3 is 1.88 bits per heavy atom.